The zero-order valence-electron chi connectivity index (χ0n) is 19.6. The molecule has 200 valence electrons. The van der Waals surface area contributed by atoms with Crippen LogP contribution < -0.4 is 19.7 Å². The van der Waals surface area contributed by atoms with Crippen molar-refractivity contribution in [3.05, 3.63) is 83.9 Å². The Labute approximate surface area is 215 Å². The molecule has 0 aromatic heterocycles. The molecule has 1 aliphatic rings. The molecule has 9 nitrogen and oxygen atoms in total. The highest BCUT2D eigenvalue weighted by atomic mass is 32.2. The lowest BCUT2D eigenvalue weighted by atomic mass is 10.1. The zero-order valence-corrected chi connectivity index (χ0v) is 20.4. The van der Waals surface area contributed by atoms with Gasteiger partial charge in [-0.15, -0.1) is 0 Å². The Balaban J connectivity index is 1.64. The third kappa shape index (κ3) is 6.17. The molecule has 0 radical (unpaired) electrons. The summed E-state index contributed by atoms with van der Waals surface area (Å²) in [5.41, 5.74) is -0.370. The Morgan fingerprint density at radius 2 is 1.76 bits per heavy atom. The van der Waals surface area contributed by atoms with Gasteiger partial charge in [0.05, 0.1) is 29.1 Å². The largest absolute Gasteiger partial charge is 0.486 e. The van der Waals surface area contributed by atoms with Crippen LogP contribution in [0.15, 0.2) is 77.7 Å². The van der Waals surface area contributed by atoms with E-state index in [9.17, 15) is 31.2 Å². The van der Waals surface area contributed by atoms with Crippen molar-refractivity contribution in [2.45, 2.75) is 30.1 Å². The van der Waals surface area contributed by atoms with Gasteiger partial charge in [-0.05, 0) is 42.0 Å². The molecule has 1 heterocycles. The number of halogens is 3. The summed E-state index contributed by atoms with van der Waals surface area (Å²) in [6.45, 7) is -0.166. The number of ether oxygens (including phenoxy) is 1. The highest BCUT2D eigenvalue weighted by molar-refractivity contribution is 7.92. The van der Waals surface area contributed by atoms with Crippen LogP contribution in [0.1, 0.15) is 17.5 Å². The molecular formula is C25H22F3N3O6S. The maximum atomic E-state index is 13.6. The molecule has 0 spiro atoms. The fourth-order valence-electron chi connectivity index (χ4n) is 3.88. The minimum atomic E-state index is -4.77. The maximum absolute atomic E-state index is 13.6. The third-order valence-corrected chi connectivity index (χ3v) is 7.41. The molecule has 0 aliphatic carbocycles. The fraction of sp³-hybridized carbons (Fsp3) is 0.200. The number of nitrogens with one attached hydrogen (secondary N) is 2. The van der Waals surface area contributed by atoms with Crippen LogP contribution in [0.4, 0.5) is 29.3 Å². The number of rotatable bonds is 7. The Morgan fingerprint density at radius 1 is 1.03 bits per heavy atom. The van der Waals surface area contributed by atoms with Crippen LogP contribution in [0.5, 0.6) is 5.75 Å². The van der Waals surface area contributed by atoms with Crippen molar-refractivity contribution in [3.63, 3.8) is 0 Å². The van der Waals surface area contributed by atoms with E-state index in [1.165, 1.54) is 18.2 Å². The first kappa shape index (κ1) is 26.8. The Bertz CT molecular complexity index is 1450. The number of anilines is 2. The van der Waals surface area contributed by atoms with Crippen LogP contribution in [-0.4, -0.2) is 38.2 Å². The number of hydrogen-bond donors (Lipinski definition) is 3. The van der Waals surface area contributed by atoms with Gasteiger partial charge in [0.15, 0.2) is 0 Å². The maximum Gasteiger partial charge on any atom is 0.416 e. The van der Waals surface area contributed by atoms with Crippen LogP contribution in [0, 0.1) is 0 Å². The van der Waals surface area contributed by atoms with E-state index in [1.807, 2.05) is 30.3 Å². The van der Waals surface area contributed by atoms with E-state index in [0.29, 0.717) is 6.07 Å². The molecular weight excluding hydrogens is 527 g/mol. The molecule has 3 aromatic carbocycles. The summed E-state index contributed by atoms with van der Waals surface area (Å²) in [7, 11) is -4.58. The first-order valence-electron chi connectivity index (χ1n) is 11.2. The van der Waals surface area contributed by atoms with Crippen LogP contribution in [-0.2, 0) is 27.5 Å². The van der Waals surface area contributed by atoms with Gasteiger partial charge >= 0.3 is 12.3 Å². The quantitative estimate of drug-likeness (QED) is 0.400. The summed E-state index contributed by atoms with van der Waals surface area (Å²) >= 11 is 0. The number of carbonyl (C=O) groups is 2. The predicted molar refractivity (Wildman–Crippen MR) is 131 cm³/mol. The number of amides is 2. The molecule has 1 unspecified atom stereocenters. The second-order valence-corrected chi connectivity index (χ2v) is 10.2. The number of carboxylic acid groups (broad SMARTS) is 1. The van der Waals surface area contributed by atoms with Crippen LogP contribution in [0.2, 0.25) is 0 Å². The molecule has 38 heavy (non-hydrogen) atoms. The molecule has 13 heteroatoms. The van der Waals surface area contributed by atoms with E-state index < -0.39 is 51.3 Å². The molecule has 3 N–H and O–H groups in total. The topological polar surface area (TPSA) is 125 Å². The number of carbonyl (C=O) groups excluding carboxylic acids is 1. The number of hydrogen-bond acceptors (Lipinski definition) is 5. The summed E-state index contributed by atoms with van der Waals surface area (Å²) < 4.78 is 73.6. The van der Waals surface area contributed by atoms with Crippen molar-refractivity contribution >= 4 is 33.4 Å². The van der Waals surface area contributed by atoms with Gasteiger partial charge in [0, 0.05) is 12.2 Å². The Kier molecular flexibility index (Phi) is 7.49. The summed E-state index contributed by atoms with van der Waals surface area (Å²) in [6, 6.07) is 16.2. The minimum Gasteiger partial charge on any atom is -0.486 e. The molecule has 2 amide bonds. The average Bonchev–Trinajstić information content (AvgIpc) is 2.87. The van der Waals surface area contributed by atoms with Crippen molar-refractivity contribution in [1.29, 1.82) is 0 Å². The van der Waals surface area contributed by atoms with Gasteiger partial charge in [0.1, 0.15) is 11.9 Å². The highest BCUT2D eigenvalue weighted by Gasteiger charge is 2.37. The smallest absolute Gasteiger partial charge is 0.416 e. The van der Waals surface area contributed by atoms with Gasteiger partial charge in [-0.25, -0.2) is 13.2 Å². The highest BCUT2D eigenvalue weighted by Crippen LogP contribution is 2.40. The van der Waals surface area contributed by atoms with Gasteiger partial charge in [-0.2, -0.15) is 13.2 Å². The number of alkyl halides is 3. The van der Waals surface area contributed by atoms with Crippen molar-refractivity contribution in [3.8, 4) is 5.75 Å². The van der Waals surface area contributed by atoms with Crippen LogP contribution >= 0.6 is 0 Å². The van der Waals surface area contributed by atoms with Crippen molar-refractivity contribution in [1.82, 2.24) is 5.32 Å². The van der Waals surface area contributed by atoms with Crippen LogP contribution in [0.3, 0.4) is 0 Å². The molecule has 0 fully saturated rings. The van der Waals surface area contributed by atoms with Crippen LogP contribution in [0.25, 0.3) is 0 Å². The molecule has 3 aromatic rings. The van der Waals surface area contributed by atoms with Gasteiger partial charge in [-0.3, -0.25) is 14.4 Å². The predicted octanol–water partition coefficient (Wildman–Crippen LogP) is 4.46. The Morgan fingerprint density at radius 3 is 2.45 bits per heavy atom. The van der Waals surface area contributed by atoms with E-state index in [2.05, 4.69) is 10.6 Å². The van der Waals surface area contributed by atoms with Crippen molar-refractivity contribution < 1.29 is 41.0 Å². The molecule has 0 bridgehead atoms. The standard InChI is InChI=1S/C25H22F3N3O6S/c26-25(27,28)17-7-4-8-20(11-17)38(35,36)31-15-19(13-23(32)29-14-16-5-2-1-3-6-16)37-22-10-9-18(12-21(22)31)30-24(33)34/h1-12,19,30H,13-15H2,(H,29,32)(H,33,34). The minimum absolute atomic E-state index is 0.0168. The van der Waals surface area contributed by atoms with E-state index >= 15 is 0 Å². The molecule has 0 saturated carbocycles. The summed E-state index contributed by atoms with van der Waals surface area (Å²) in [5.74, 6) is -0.411. The van der Waals surface area contributed by atoms with Gasteiger partial charge in [0.25, 0.3) is 10.0 Å². The molecule has 1 atom stereocenters. The van der Waals surface area contributed by atoms with Gasteiger partial charge < -0.3 is 15.2 Å². The first-order chi connectivity index (χ1) is 17.9. The van der Waals surface area contributed by atoms with Gasteiger partial charge in [-0.1, -0.05) is 36.4 Å². The SMILES string of the molecule is O=C(O)Nc1ccc2c(c1)N(S(=O)(=O)c1cccc(C(F)(F)F)c1)CC(CC(=O)NCc1ccccc1)O2. The lowest BCUT2D eigenvalue weighted by Gasteiger charge is -2.35. The van der Waals surface area contributed by atoms with Crippen molar-refractivity contribution in [2.75, 3.05) is 16.2 Å². The number of benzene rings is 3. The number of sulfonamides is 1. The summed E-state index contributed by atoms with van der Waals surface area (Å²) in [5, 5.41) is 13.9. The van der Waals surface area contributed by atoms with E-state index in [1.54, 1.807) is 0 Å². The zero-order chi connectivity index (χ0) is 27.5. The number of nitrogens with zero attached hydrogens (tertiary/aromatic N) is 1. The molecule has 0 saturated heterocycles. The monoisotopic (exact) mass is 549 g/mol. The number of fused-ring (bicyclic) bond motifs is 1. The average molecular weight is 550 g/mol. The lowest BCUT2D eigenvalue weighted by Crippen LogP contribution is -2.45. The van der Waals surface area contributed by atoms with Gasteiger partial charge in [0.2, 0.25) is 5.91 Å². The first-order valence-corrected chi connectivity index (χ1v) is 12.7. The Hall–Kier alpha value is -4.26. The molecule has 4 rings (SSSR count). The van der Waals surface area contributed by atoms with E-state index in [-0.39, 0.29) is 30.1 Å². The second-order valence-electron chi connectivity index (χ2n) is 8.38. The normalized spacial score (nSPS) is 15.2. The summed E-state index contributed by atoms with van der Waals surface area (Å²) in [4.78, 5) is 23.1. The molecule has 1 aliphatic heterocycles. The fourth-order valence-corrected chi connectivity index (χ4v) is 5.43. The van der Waals surface area contributed by atoms with Crippen molar-refractivity contribution in [2.24, 2.45) is 0 Å². The van der Waals surface area contributed by atoms with E-state index in [4.69, 9.17) is 9.84 Å². The second kappa shape index (κ2) is 10.6. The third-order valence-electron chi connectivity index (χ3n) is 5.64. The summed E-state index contributed by atoms with van der Waals surface area (Å²) in [6.07, 6.45) is -7.39. The van der Waals surface area contributed by atoms with E-state index in [0.717, 1.165) is 28.1 Å². The lowest BCUT2D eigenvalue weighted by molar-refractivity contribution is -0.137.